The van der Waals surface area contributed by atoms with Gasteiger partial charge in [0.05, 0.1) is 16.4 Å². The highest BCUT2D eigenvalue weighted by atomic mass is 35.5. The van der Waals surface area contributed by atoms with Crippen molar-refractivity contribution in [3.63, 3.8) is 0 Å². The summed E-state index contributed by atoms with van der Waals surface area (Å²) in [7, 11) is 0. The van der Waals surface area contributed by atoms with Gasteiger partial charge >= 0.3 is 0 Å². The maximum Gasteiger partial charge on any atom is 0.125 e. The minimum atomic E-state index is 0.422. The highest BCUT2D eigenvalue weighted by Crippen LogP contribution is 2.30. The van der Waals surface area contributed by atoms with E-state index in [1.165, 1.54) is 0 Å². The minimum Gasteiger partial charge on any atom is -0.324 e. The third-order valence-electron chi connectivity index (χ3n) is 3.32. The van der Waals surface area contributed by atoms with Crippen LogP contribution in [0.5, 0.6) is 0 Å². The Kier molecular flexibility index (Phi) is 4.52. The first-order valence-electron chi connectivity index (χ1n) is 6.44. The molecule has 1 heterocycles. The summed E-state index contributed by atoms with van der Waals surface area (Å²) >= 11 is 12.2. The molecule has 1 aromatic carbocycles. The van der Waals surface area contributed by atoms with Crippen LogP contribution < -0.4 is 0 Å². The largest absolute Gasteiger partial charge is 0.324 e. The molecule has 1 atom stereocenters. The molecular formula is C14H18Cl2N2. The van der Waals surface area contributed by atoms with Gasteiger partial charge in [0.2, 0.25) is 0 Å². The molecule has 2 nitrogen and oxygen atoms in total. The molecule has 0 N–H and O–H groups in total. The summed E-state index contributed by atoms with van der Waals surface area (Å²) < 4.78 is 2.26. The average molecular weight is 285 g/mol. The Morgan fingerprint density at radius 2 is 2.11 bits per heavy atom. The number of halogens is 2. The average Bonchev–Trinajstić information content (AvgIpc) is 2.76. The van der Waals surface area contributed by atoms with Crippen LogP contribution in [0.15, 0.2) is 18.2 Å². The monoisotopic (exact) mass is 284 g/mol. The summed E-state index contributed by atoms with van der Waals surface area (Å²) in [5, 5.41) is 0.698. The van der Waals surface area contributed by atoms with E-state index in [1.807, 2.05) is 12.1 Å². The van der Waals surface area contributed by atoms with Crippen LogP contribution in [0.3, 0.4) is 0 Å². The number of hydrogen-bond acceptors (Lipinski definition) is 1. The number of alkyl halides is 1. The predicted molar refractivity (Wildman–Crippen MR) is 78.5 cm³/mol. The Hall–Kier alpha value is -0.730. The SMILES string of the molecule is CCCC(CC)n1c(CCl)nc2c(Cl)cccc21. The molecule has 1 unspecified atom stereocenters. The zero-order valence-corrected chi connectivity index (χ0v) is 12.3. The number of para-hydroxylation sites is 1. The molecule has 0 aliphatic heterocycles. The van der Waals surface area contributed by atoms with Crippen molar-refractivity contribution in [3.05, 3.63) is 29.0 Å². The van der Waals surface area contributed by atoms with Crippen molar-refractivity contribution < 1.29 is 0 Å². The number of imidazole rings is 1. The van der Waals surface area contributed by atoms with E-state index in [0.29, 0.717) is 16.9 Å². The highest BCUT2D eigenvalue weighted by Gasteiger charge is 2.17. The Morgan fingerprint density at radius 3 is 2.72 bits per heavy atom. The number of nitrogens with zero attached hydrogens (tertiary/aromatic N) is 2. The molecule has 2 rings (SSSR count). The fourth-order valence-corrected chi connectivity index (χ4v) is 2.88. The molecule has 0 saturated carbocycles. The topological polar surface area (TPSA) is 17.8 Å². The quantitative estimate of drug-likeness (QED) is 0.692. The molecule has 0 bridgehead atoms. The Morgan fingerprint density at radius 1 is 1.33 bits per heavy atom. The molecule has 2 aromatic rings. The molecule has 0 spiro atoms. The van der Waals surface area contributed by atoms with E-state index in [1.54, 1.807) is 0 Å². The van der Waals surface area contributed by atoms with Crippen molar-refractivity contribution in [1.82, 2.24) is 9.55 Å². The summed E-state index contributed by atoms with van der Waals surface area (Å²) in [5.74, 6) is 1.34. The maximum atomic E-state index is 6.21. The van der Waals surface area contributed by atoms with Gasteiger partial charge in [-0.05, 0) is 25.0 Å². The smallest absolute Gasteiger partial charge is 0.125 e. The molecule has 0 aliphatic rings. The van der Waals surface area contributed by atoms with Crippen LogP contribution in [-0.2, 0) is 5.88 Å². The fraction of sp³-hybridized carbons (Fsp3) is 0.500. The Bertz CT molecular complexity index is 534. The lowest BCUT2D eigenvalue weighted by Gasteiger charge is -2.19. The first-order valence-corrected chi connectivity index (χ1v) is 7.35. The molecule has 4 heteroatoms. The van der Waals surface area contributed by atoms with Crippen LogP contribution >= 0.6 is 23.2 Å². The molecule has 0 aliphatic carbocycles. The van der Waals surface area contributed by atoms with E-state index in [-0.39, 0.29) is 0 Å². The van der Waals surface area contributed by atoms with E-state index in [4.69, 9.17) is 23.2 Å². The zero-order chi connectivity index (χ0) is 13.1. The minimum absolute atomic E-state index is 0.422. The number of benzene rings is 1. The molecular weight excluding hydrogens is 267 g/mol. The number of hydrogen-bond donors (Lipinski definition) is 0. The van der Waals surface area contributed by atoms with Gasteiger partial charge < -0.3 is 4.57 Å². The van der Waals surface area contributed by atoms with Gasteiger partial charge in [-0.15, -0.1) is 11.6 Å². The van der Waals surface area contributed by atoms with Gasteiger partial charge in [-0.2, -0.15) is 0 Å². The first kappa shape index (κ1) is 13.7. The normalized spacial score (nSPS) is 13.1. The van der Waals surface area contributed by atoms with E-state index in [2.05, 4.69) is 29.5 Å². The zero-order valence-electron chi connectivity index (χ0n) is 10.8. The van der Waals surface area contributed by atoms with Crippen molar-refractivity contribution in [2.75, 3.05) is 0 Å². The van der Waals surface area contributed by atoms with Gasteiger partial charge in [-0.3, -0.25) is 0 Å². The van der Waals surface area contributed by atoms with Gasteiger partial charge in [-0.1, -0.05) is 37.9 Å². The molecule has 98 valence electrons. The lowest BCUT2D eigenvalue weighted by atomic mass is 10.1. The van der Waals surface area contributed by atoms with Gasteiger partial charge in [0, 0.05) is 6.04 Å². The number of fused-ring (bicyclic) bond motifs is 1. The van der Waals surface area contributed by atoms with Gasteiger partial charge in [0.1, 0.15) is 11.3 Å². The van der Waals surface area contributed by atoms with E-state index < -0.39 is 0 Å². The second kappa shape index (κ2) is 5.94. The second-order valence-electron chi connectivity index (χ2n) is 4.49. The maximum absolute atomic E-state index is 6.21. The lowest BCUT2D eigenvalue weighted by Crippen LogP contribution is -2.10. The number of rotatable bonds is 5. The van der Waals surface area contributed by atoms with Gasteiger partial charge in [-0.25, -0.2) is 4.98 Å². The van der Waals surface area contributed by atoms with E-state index in [9.17, 15) is 0 Å². The molecule has 1 aromatic heterocycles. The number of aromatic nitrogens is 2. The summed E-state index contributed by atoms with van der Waals surface area (Å²) in [5.41, 5.74) is 1.96. The summed E-state index contributed by atoms with van der Waals surface area (Å²) in [4.78, 5) is 4.58. The van der Waals surface area contributed by atoms with Crippen molar-refractivity contribution in [2.45, 2.75) is 45.0 Å². The predicted octanol–water partition coefficient (Wildman–Crippen LogP) is 5.18. The summed E-state index contributed by atoms with van der Waals surface area (Å²) in [6.07, 6.45) is 3.37. The molecule has 0 radical (unpaired) electrons. The highest BCUT2D eigenvalue weighted by molar-refractivity contribution is 6.35. The molecule has 18 heavy (non-hydrogen) atoms. The van der Waals surface area contributed by atoms with Crippen LogP contribution in [0.1, 0.15) is 45.0 Å². The standard InChI is InChI=1S/C14H18Cl2N2/c1-3-6-10(4-2)18-12-8-5-7-11(16)14(12)17-13(18)9-15/h5,7-8,10H,3-4,6,9H2,1-2H3. The van der Waals surface area contributed by atoms with Crippen molar-refractivity contribution in [1.29, 1.82) is 0 Å². The molecule has 0 amide bonds. The van der Waals surface area contributed by atoms with Crippen LogP contribution in [0.4, 0.5) is 0 Å². The van der Waals surface area contributed by atoms with E-state index in [0.717, 1.165) is 36.1 Å². The Balaban J connectivity index is 2.62. The molecule has 0 saturated heterocycles. The van der Waals surface area contributed by atoms with Crippen molar-refractivity contribution in [3.8, 4) is 0 Å². The van der Waals surface area contributed by atoms with Gasteiger partial charge in [0.15, 0.2) is 0 Å². The van der Waals surface area contributed by atoms with Crippen molar-refractivity contribution in [2.24, 2.45) is 0 Å². The lowest BCUT2D eigenvalue weighted by molar-refractivity contribution is 0.448. The van der Waals surface area contributed by atoms with Crippen LogP contribution in [0, 0.1) is 0 Å². The summed E-state index contributed by atoms with van der Waals surface area (Å²) in [6.45, 7) is 4.41. The van der Waals surface area contributed by atoms with E-state index >= 15 is 0 Å². The van der Waals surface area contributed by atoms with Crippen LogP contribution in [-0.4, -0.2) is 9.55 Å². The fourth-order valence-electron chi connectivity index (χ4n) is 2.48. The van der Waals surface area contributed by atoms with Crippen LogP contribution in [0.2, 0.25) is 5.02 Å². The summed E-state index contributed by atoms with van der Waals surface area (Å²) in [6, 6.07) is 6.37. The molecule has 0 fully saturated rings. The Labute approximate surface area is 118 Å². The first-order chi connectivity index (χ1) is 8.72. The third-order valence-corrected chi connectivity index (χ3v) is 3.87. The second-order valence-corrected chi connectivity index (χ2v) is 5.16. The van der Waals surface area contributed by atoms with Crippen LogP contribution in [0.25, 0.3) is 11.0 Å². The third kappa shape index (κ3) is 2.36. The van der Waals surface area contributed by atoms with Crippen molar-refractivity contribution >= 4 is 34.2 Å². The van der Waals surface area contributed by atoms with Gasteiger partial charge in [0.25, 0.3) is 0 Å².